The van der Waals surface area contributed by atoms with Crippen LogP contribution in [0.15, 0.2) is 66.2 Å². The van der Waals surface area contributed by atoms with E-state index in [1.54, 1.807) is 6.08 Å². The fraction of sp³-hybridized carbons (Fsp3) is 0.250. The molecule has 0 bridgehead atoms. The molecule has 0 aromatic heterocycles. The summed E-state index contributed by atoms with van der Waals surface area (Å²) in [6.07, 6.45) is 2.57. The van der Waals surface area contributed by atoms with Gasteiger partial charge in [0.1, 0.15) is 18.1 Å². The van der Waals surface area contributed by atoms with Crippen LogP contribution >= 0.6 is 0 Å². The van der Waals surface area contributed by atoms with Gasteiger partial charge < -0.3 is 20.5 Å². The largest absolute Gasteiger partial charge is 0.493 e. The van der Waals surface area contributed by atoms with Gasteiger partial charge in [-0.3, -0.25) is 0 Å². The fourth-order valence-electron chi connectivity index (χ4n) is 2.81. The first-order valence-electron chi connectivity index (χ1n) is 8.37. The number of aliphatic imine (C=N–C) groups is 1. The van der Waals surface area contributed by atoms with Gasteiger partial charge in [-0.15, -0.1) is 0 Å². The number of ether oxygens (including phenoxy) is 2. The summed E-state index contributed by atoms with van der Waals surface area (Å²) < 4.78 is 11.3. The van der Waals surface area contributed by atoms with Crippen molar-refractivity contribution in [2.45, 2.75) is 19.0 Å². The van der Waals surface area contributed by atoms with E-state index in [0.29, 0.717) is 25.7 Å². The standard InChI is InChI=1S/C20H23N3O2/c1-2-12-24-18-9-5-3-7-15(18)14-22-20(21)23-17-11-13-25-19-10-6-4-8-16(17)19/h2-10,17H,1,11-14H2,(H3,21,22,23). The molecule has 5 heteroatoms. The number of para-hydroxylation sites is 2. The van der Waals surface area contributed by atoms with Gasteiger partial charge in [0.05, 0.1) is 19.2 Å². The molecule has 0 saturated carbocycles. The topological polar surface area (TPSA) is 68.9 Å². The second-order valence-electron chi connectivity index (χ2n) is 5.78. The average Bonchev–Trinajstić information content (AvgIpc) is 2.65. The van der Waals surface area contributed by atoms with Crippen molar-refractivity contribution in [2.75, 3.05) is 13.2 Å². The summed E-state index contributed by atoms with van der Waals surface area (Å²) in [5.74, 6) is 2.12. The molecule has 130 valence electrons. The molecule has 1 aliphatic rings. The number of hydrogen-bond donors (Lipinski definition) is 2. The molecule has 0 aliphatic carbocycles. The maximum absolute atomic E-state index is 6.10. The highest BCUT2D eigenvalue weighted by atomic mass is 16.5. The molecular weight excluding hydrogens is 314 g/mol. The summed E-state index contributed by atoms with van der Waals surface area (Å²) in [6.45, 7) is 5.26. The molecule has 1 heterocycles. The number of guanidine groups is 1. The lowest BCUT2D eigenvalue weighted by Crippen LogP contribution is -2.37. The normalized spacial score (nSPS) is 16.5. The van der Waals surface area contributed by atoms with Gasteiger partial charge in [0, 0.05) is 17.5 Å². The number of nitrogens with two attached hydrogens (primary N) is 1. The smallest absolute Gasteiger partial charge is 0.189 e. The summed E-state index contributed by atoms with van der Waals surface area (Å²) >= 11 is 0. The third kappa shape index (κ3) is 4.32. The quantitative estimate of drug-likeness (QED) is 0.482. The Hall–Kier alpha value is -2.95. The minimum absolute atomic E-state index is 0.112. The minimum Gasteiger partial charge on any atom is -0.493 e. The van der Waals surface area contributed by atoms with E-state index in [2.05, 4.69) is 23.0 Å². The SMILES string of the molecule is C=CCOc1ccccc1CN=C(N)NC1CCOc2ccccc21. The zero-order valence-corrected chi connectivity index (χ0v) is 14.2. The van der Waals surface area contributed by atoms with Crippen LogP contribution in [0.25, 0.3) is 0 Å². The number of hydrogen-bond acceptors (Lipinski definition) is 3. The second-order valence-corrected chi connectivity index (χ2v) is 5.78. The van der Waals surface area contributed by atoms with Crippen LogP contribution in [0.1, 0.15) is 23.6 Å². The fourth-order valence-corrected chi connectivity index (χ4v) is 2.81. The maximum Gasteiger partial charge on any atom is 0.189 e. The summed E-state index contributed by atoms with van der Waals surface area (Å²) in [4.78, 5) is 4.47. The Morgan fingerprint density at radius 3 is 2.96 bits per heavy atom. The summed E-state index contributed by atoms with van der Waals surface area (Å²) in [6, 6.07) is 15.9. The van der Waals surface area contributed by atoms with Crippen LogP contribution in [0.4, 0.5) is 0 Å². The molecule has 0 amide bonds. The van der Waals surface area contributed by atoms with Crippen molar-refractivity contribution in [2.24, 2.45) is 10.7 Å². The third-order valence-electron chi connectivity index (χ3n) is 4.03. The number of nitrogens with one attached hydrogen (secondary N) is 1. The van der Waals surface area contributed by atoms with Crippen LogP contribution in [-0.4, -0.2) is 19.2 Å². The van der Waals surface area contributed by atoms with Gasteiger partial charge in [-0.1, -0.05) is 49.1 Å². The van der Waals surface area contributed by atoms with Crippen molar-refractivity contribution in [3.63, 3.8) is 0 Å². The molecule has 2 aromatic rings. The van der Waals surface area contributed by atoms with Crippen LogP contribution in [-0.2, 0) is 6.54 Å². The van der Waals surface area contributed by atoms with Crippen LogP contribution < -0.4 is 20.5 Å². The molecule has 25 heavy (non-hydrogen) atoms. The van der Waals surface area contributed by atoms with E-state index < -0.39 is 0 Å². The number of benzene rings is 2. The lowest BCUT2D eigenvalue weighted by atomic mass is 10.0. The van der Waals surface area contributed by atoms with Crippen LogP contribution in [0, 0.1) is 0 Å². The van der Waals surface area contributed by atoms with Crippen LogP contribution in [0.2, 0.25) is 0 Å². The van der Waals surface area contributed by atoms with Crippen molar-refractivity contribution in [1.29, 1.82) is 0 Å². The van der Waals surface area contributed by atoms with Crippen molar-refractivity contribution in [1.82, 2.24) is 5.32 Å². The first kappa shape index (κ1) is 16.9. The predicted octanol–water partition coefficient (Wildman–Crippen LogP) is 3.18. The average molecular weight is 337 g/mol. The van der Waals surface area contributed by atoms with Gasteiger partial charge in [0.15, 0.2) is 5.96 Å². The number of nitrogens with zero attached hydrogens (tertiary/aromatic N) is 1. The van der Waals surface area contributed by atoms with Gasteiger partial charge in [-0.25, -0.2) is 4.99 Å². The molecule has 2 aromatic carbocycles. The Labute approximate surface area is 148 Å². The molecule has 0 fully saturated rings. The Kier molecular flexibility index (Phi) is 5.57. The zero-order chi connectivity index (χ0) is 17.5. The van der Waals surface area contributed by atoms with E-state index in [4.69, 9.17) is 15.2 Å². The van der Waals surface area contributed by atoms with E-state index in [-0.39, 0.29) is 6.04 Å². The van der Waals surface area contributed by atoms with E-state index in [0.717, 1.165) is 29.0 Å². The van der Waals surface area contributed by atoms with Gasteiger partial charge in [-0.2, -0.15) is 0 Å². The molecule has 5 nitrogen and oxygen atoms in total. The molecular formula is C20H23N3O2. The van der Waals surface area contributed by atoms with Gasteiger partial charge >= 0.3 is 0 Å². The second kappa shape index (κ2) is 8.24. The van der Waals surface area contributed by atoms with E-state index in [1.165, 1.54) is 0 Å². The summed E-state index contributed by atoms with van der Waals surface area (Å²) in [5.41, 5.74) is 8.20. The number of fused-ring (bicyclic) bond motifs is 1. The molecule has 3 rings (SSSR count). The van der Waals surface area contributed by atoms with E-state index in [9.17, 15) is 0 Å². The Morgan fingerprint density at radius 2 is 2.08 bits per heavy atom. The lowest BCUT2D eigenvalue weighted by Gasteiger charge is -2.26. The monoisotopic (exact) mass is 337 g/mol. The molecule has 0 saturated heterocycles. The molecule has 1 atom stereocenters. The number of rotatable bonds is 6. The molecule has 3 N–H and O–H groups in total. The molecule has 1 unspecified atom stereocenters. The van der Waals surface area contributed by atoms with Crippen molar-refractivity contribution >= 4 is 5.96 Å². The van der Waals surface area contributed by atoms with Crippen molar-refractivity contribution in [3.05, 3.63) is 72.3 Å². The predicted molar refractivity (Wildman–Crippen MR) is 99.9 cm³/mol. The van der Waals surface area contributed by atoms with Gasteiger partial charge in [-0.05, 0) is 12.1 Å². The first-order valence-corrected chi connectivity index (χ1v) is 8.37. The molecule has 0 spiro atoms. The lowest BCUT2D eigenvalue weighted by molar-refractivity contribution is 0.262. The summed E-state index contributed by atoms with van der Waals surface area (Å²) in [7, 11) is 0. The van der Waals surface area contributed by atoms with Crippen molar-refractivity contribution in [3.8, 4) is 11.5 Å². The van der Waals surface area contributed by atoms with Crippen LogP contribution in [0.3, 0.4) is 0 Å². The van der Waals surface area contributed by atoms with Gasteiger partial charge in [0.25, 0.3) is 0 Å². The maximum atomic E-state index is 6.10. The minimum atomic E-state index is 0.112. The molecule has 1 aliphatic heterocycles. The highest BCUT2D eigenvalue weighted by Gasteiger charge is 2.21. The summed E-state index contributed by atoms with van der Waals surface area (Å²) in [5, 5.41) is 3.30. The van der Waals surface area contributed by atoms with Gasteiger partial charge in [0.2, 0.25) is 0 Å². The van der Waals surface area contributed by atoms with Crippen LogP contribution in [0.5, 0.6) is 11.5 Å². The molecule has 0 radical (unpaired) electrons. The first-order chi connectivity index (χ1) is 12.3. The highest BCUT2D eigenvalue weighted by molar-refractivity contribution is 5.78. The Balaban J connectivity index is 1.67. The van der Waals surface area contributed by atoms with E-state index >= 15 is 0 Å². The highest BCUT2D eigenvalue weighted by Crippen LogP contribution is 2.31. The Bertz CT molecular complexity index is 758. The van der Waals surface area contributed by atoms with E-state index in [1.807, 2.05) is 42.5 Å². The third-order valence-corrected chi connectivity index (χ3v) is 4.03. The zero-order valence-electron chi connectivity index (χ0n) is 14.2. The van der Waals surface area contributed by atoms with Crippen molar-refractivity contribution < 1.29 is 9.47 Å². The Morgan fingerprint density at radius 1 is 1.28 bits per heavy atom.